The van der Waals surface area contributed by atoms with Gasteiger partial charge in [0.2, 0.25) is 0 Å². The summed E-state index contributed by atoms with van der Waals surface area (Å²) in [4.78, 5) is 11.3. The molecule has 2 nitrogen and oxygen atoms in total. The van der Waals surface area contributed by atoms with E-state index in [1.165, 1.54) is 5.56 Å². The topological polar surface area (TPSA) is 37.3 Å². The van der Waals surface area contributed by atoms with E-state index in [0.29, 0.717) is 5.56 Å². The average Bonchev–Trinajstić information content (AvgIpc) is 2.25. The molecule has 0 saturated carbocycles. The number of hydrogen-bond acceptors (Lipinski definition) is 1. The monoisotopic (exact) mass is 248 g/mol. The molecule has 0 fully saturated rings. The van der Waals surface area contributed by atoms with E-state index in [2.05, 4.69) is 33.8 Å². The average molecular weight is 248 g/mol. The molecule has 0 saturated heterocycles. The normalized spacial score (nSPS) is 11.6. The minimum absolute atomic E-state index is 0.137. The summed E-state index contributed by atoms with van der Waals surface area (Å²) in [5.41, 5.74) is 3.62. The van der Waals surface area contributed by atoms with Gasteiger partial charge in [0, 0.05) is 0 Å². The minimum Gasteiger partial charge on any atom is -0.478 e. The van der Waals surface area contributed by atoms with Gasteiger partial charge in [0.15, 0.2) is 0 Å². The second kappa shape index (κ2) is 5.55. The smallest absolute Gasteiger partial charge is 0.335 e. The molecule has 0 unspecified atom stereocenters. The van der Waals surface area contributed by atoms with Gasteiger partial charge >= 0.3 is 5.97 Å². The van der Waals surface area contributed by atoms with Crippen LogP contribution >= 0.6 is 0 Å². The molecule has 0 atom stereocenters. The zero-order chi connectivity index (χ0) is 13.9. The van der Waals surface area contributed by atoms with Crippen molar-refractivity contribution in [1.29, 1.82) is 0 Å². The van der Waals surface area contributed by atoms with Gasteiger partial charge in [0.25, 0.3) is 0 Å². The van der Waals surface area contributed by atoms with Crippen molar-refractivity contribution in [3.63, 3.8) is 0 Å². The Kier molecular flexibility index (Phi) is 4.55. The maximum atomic E-state index is 11.3. The van der Waals surface area contributed by atoms with Crippen molar-refractivity contribution < 1.29 is 9.90 Å². The Labute approximate surface area is 110 Å². The van der Waals surface area contributed by atoms with E-state index in [9.17, 15) is 9.90 Å². The molecule has 1 aromatic rings. The highest BCUT2D eigenvalue weighted by Crippen LogP contribution is 2.29. The van der Waals surface area contributed by atoms with Crippen LogP contribution in [0, 0.1) is 6.92 Å². The first-order valence-corrected chi connectivity index (χ1v) is 6.64. The molecule has 0 aromatic heterocycles. The van der Waals surface area contributed by atoms with Crippen LogP contribution in [-0.4, -0.2) is 11.1 Å². The van der Waals surface area contributed by atoms with Crippen LogP contribution < -0.4 is 0 Å². The highest BCUT2D eigenvalue weighted by Gasteiger charge is 2.22. The van der Waals surface area contributed by atoms with E-state index in [0.717, 1.165) is 30.4 Å². The summed E-state index contributed by atoms with van der Waals surface area (Å²) in [5.74, 6) is -0.829. The molecule has 1 N–H and O–H groups in total. The first-order chi connectivity index (χ1) is 8.27. The number of aryl methyl sites for hydroxylation is 2. The van der Waals surface area contributed by atoms with Crippen molar-refractivity contribution in [2.24, 2.45) is 0 Å². The zero-order valence-electron chi connectivity index (χ0n) is 12.1. The van der Waals surface area contributed by atoms with E-state index < -0.39 is 5.97 Å². The van der Waals surface area contributed by atoms with E-state index >= 15 is 0 Å². The summed E-state index contributed by atoms with van der Waals surface area (Å²) < 4.78 is 0. The van der Waals surface area contributed by atoms with Gasteiger partial charge in [0.1, 0.15) is 0 Å². The molecule has 0 aliphatic rings. The third-order valence-corrected chi connectivity index (χ3v) is 3.31. The molecular formula is C16H24O2. The second-order valence-corrected chi connectivity index (χ2v) is 5.98. The van der Waals surface area contributed by atoms with Crippen LogP contribution in [0.25, 0.3) is 0 Å². The van der Waals surface area contributed by atoms with Crippen LogP contribution in [-0.2, 0) is 11.8 Å². The van der Waals surface area contributed by atoms with Gasteiger partial charge in [-0.2, -0.15) is 0 Å². The third-order valence-electron chi connectivity index (χ3n) is 3.31. The molecule has 0 heterocycles. The molecule has 100 valence electrons. The number of unbranched alkanes of at least 4 members (excludes halogenated alkanes) is 1. The lowest BCUT2D eigenvalue weighted by molar-refractivity contribution is 0.0694. The van der Waals surface area contributed by atoms with Gasteiger partial charge in [-0.25, -0.2) is 4.79 Å². The molecule has 0 spiro atoms. The lowest BCUT2D eigenvalue weighted by atomic mass is 9.81. The Morgan fingerprint density at radius 3 is 2.33 bits per heavy atom. The predicted molar refractivity (Wildman–Crippen MR) is 75.5 cm³/mol. The van der Waals surface area contributed by atoms with E-state index in [4.69, 9.17) is 0 Å². The van der Waals surface area contributed by atoms with Crippen LogP contribution in [0.2, 0.25) is 0 Å². The fourth-order valence-corrected chi connectivity index (χ4v) is 2.19. The number of carboxylic acids is 1. The summed E-state index contributed by atoms with van der Waals surface area (Å²) in [5, 5.41) is 9.32. The molecule has 0 bridgehead atoms. The SMILES string of the molecule is CCCCc1cc(C(C)(C)C)c(C(=O)O)cc1C. The van der Waals surface area contributed by atoms with Crippen molar-refractivity contribution in [3.05, 3.63) is 34.4 Å². The van der Waals surface area contributed by atoms with Crippen molar-refractivity contribution in [2.75, 3.05) is 0 Å². The highest BCUT2D eigenvalue weighted by atomic mass is 16.4. The Hall–Kier alpha value is -1.31. The molecule has 0 aliphatic heterocycles. The highest BCUT2D eigenvalue weighted by molar-refractivity contribution is 5.90. The fourth-order valence-electron chi connectivity index (χ4n) is 2.19. The van der Waals surface area contributed by atoms with Gasteiger partial charge in [-0.3, -0.25) is 0 Å². The molecule has 0 radical (unpaired) electrons. The van der Waals surface area contributed by atoms with Gasteiger partial charge in [0.05, 0.1) is 5.56 Å². The van der Waals surface area contributed by atoms with Crippen LogP contribution in [0.15, 0.2) is 12.1 Å². The molecule has 1 rings (SSSR count). The molecular weight excluding hydrogens is 224 g/mol. The largest absolute Gasteiger partial charge is 0.478 e. The molecule has 18 heavy (non-hydrogen) atoms. The molecule has 0 amide bonds. The standard InChI is InChI=1S/C16H24O2/c1-6-7-8-12-10-14(16(3,4)5)13(15(17)18)9-11(12)2/h9-10H,6-8H2,1-5H3,(H,17,18). The summed E-state index contributed by atoms with van der Waals surface area (Å²) in [7, 11) is 0. The van der Waals surface area contributed by atoms with Crippen molar-refractivity contribution in [1.82, 2.24) is 0 Å². The fraction of sp³-hybridized carbons (Fsp3) is 0.562. The lowest BCUT2D eigenvalue weighted by Gasteiger charge is -2.23. The molecule has 0 aliphatic carbocycles. The maximum absolute atomic E-state index is 11.3. The van der Waals surface area contributed by atoms with Crippen molar-refractivity contribution >= 4 is 5.97 Å². The number of rotatable bonds is 4. The quantitative estimate of drug-likeness (QED) is 0.861. The van der Waals surface area contributed by atoms with Crippen LogP contribution in [0.1, 0.15) is 67.6 Å². The number of carbonyl (C=O) groups is 1. The van der Waals surface area contributed by atoms with Crippen molar-refractivity contribution in [3.8, 4) is 0 Å². The number of benzene rings is 1. The Morgan fingerprint density at radius 1 is 1.28 bits per heavy atom. The van der Waals surface area contributed by atoms with E-state index in [1.807, 2.05) is 13.0 Å². The first-order valence-electron chi connectivity index (χ1n) is 6.64. The van der Waals surface area contributed by atoms with Crippen LogP contribution in [0.3, 0.4) is 0 Å². The van der Waals surface area contributed by atoms with Crippen LogP contribution in [0.4, 0.5) is 0 Å². The Balaban J connectivity index is 3.31. The summed E-state index contributed by atoms with van der Waals surface area (Å²) >= 11 is 0. The van der Waals surface area contributed by atoms with Gasteiger partial charge in [-0.05, 0) is 47.9 Å². The second-order valence-electron chi connectivity index (χ2n) is 5.98. The van der Waals surface area contributed by atoms with Gasteiger partial charge in [-0.1, -0.05) is 40.2 Å². The molecule has 1 aromatic carbocycles. The Morgan fingerprint density at radius 2 is 1.89 bits per heavy atom. The maximum Gasteiger partial charge on any atom is 0.335 e. The summed E-state index contributed by atoms with van der Waals surface area (Å²) in [6.07, 6.45) is 3.34. The minimum atomic E-state index is -0.829. The van der Waals surface area contributed by atoms with Crippen molar-refractivity contribution in [2.45, 2.75) is 59.3 Å². The summed E-state index contributed by atoms with van der Waals surface area (Å²) in [6, 6.07) is 3.92. The summed E-state index contributed by atoms with van der Waals surface area (Å²) in [6.45, 7) is 10.4. The zero-order valence-corrected chi connectivity index (χ0v) is 12.1. The van der Waals surface area contributed by atoms with E-state index in [1.54, 1.807) is 0 Å². The van der Waals surface area contributed by atoms with Gasteiger partial charge in [-0.15, -0.1) is 0 Å². The number of carboxylic acid groups (broad SMARTS) is 1. The van der Waals surface area contributed by atoms with Crippen LogP contribution in [0.5, 0.6) is 0 Å². The van der Waals surface area contributed by atoms with E-state index in [-0.39, 0.29) is 5.41 Å². The molecule has 2 heteroatoms. The predicted octanol–water partition coefficient (Wildman–Crippen LogP) is 4.33. The first kappa shape index (κ1) is 14.7. The lowest BCUT2D eigenvalue weighted by Crippen LogP contribution is -2.18. The third kappa shape index (κ3) is 3.34. The van der Waals surface area contributed by atoms with Gasteiger partial charge < -0.3 is 5.11 Å². The number of aromatic carboxylic acids is 1. The number of hydrogen-bond donors (Lipinski definition) is 1. The Bertz CT molecular complexity index is 439.